The van der Waals surface area contributed by atoms with E-state index in [1.54, 1.807) is 12.1 Å². The number of halogens is 1. The molecule has 5 heteroatoms. The summed E-state index contributed by atoms with van der Waals surface area (Å²) in [6.07, 6.45) is 4.39. The van der Waals surface area contributed by atoms with E-state index in [2.05, 4.69) is 17.1 Å². The molecule has 122 valence electrons. The molecule has 1 heterocycles. The Kier molecular flexibility index (Phi) is 7.00. The van der Waals surface area contributed by atoms with Crippen LogP contribution in [0.15, 0.2) is 24.3 Å². The molecule has 1 unspecified atom stereocenters. The van der Waals surface area contributed by atoms with Crippen molar-refractivity contribution in [1.82, 2.24) is 10.2 Å². The lowest BCUT2D eigenvalue weighted by Gasteiger charge is -2.34. The van der Waals surface area contributed by atoms with Gasteiger partial charge in [0.15, 0.2) is 0 Å². The van der Waals surface area contributed by atoms with Crippen LogP contribution in [0.25, 0.3) is 0 Å². The first-order chi connectivity index (χ1) is 10.7. The van der Waals surface area contributed by atoms with E-state index in [-0.39, 0.29) is 11.9 Å². The van der Waals surface area contributed by atoms with Crippen molar-refractivity contribution in [2.45, 2.75) is 38.6 Å². The van der Waals surface area contributed by atoms with E-state index < -0.39 is 0 Å². The molecule has 22 heavy (non-hydrogen) atoms. The highest BCUT2D eigenvalue weighted by molar-refractivity contribution is 6.30. The second-order valence-electron chi connectivity index (χ2n) is 5.64. The summed E-state index contributed by atoms with van der Waals surface area (Å²) in [7, 11) is 0. The van der Waals surface area contributed by atoms with Gasteiger partial charge in [-0.05, 0) is 56.6 Å². The van der Waals surface area contributed by atoms with Gasteiger partial charge in [-0.3, -0.25) is 9.69 Å². The van der Waals surface area contributed by atoms with Gasteiger partial charge in [0, 0.05) is 5.02 Å². The van der Waals surface area contributed by atoms with Gasteiger partial charge in [-0.15, -0.1) is 0 Å². The summed E-state index contributed by atoms with van der Waals surface area (Å²) < 4.78 is 5.59. The van der Waals surface area contributed by atoms with Crippen LogP contribution in [0.5, 0.6) is 5.75 Å². The molecule has 0 aromatic heterocycles. The van der Waals surface area contributed by atoms with Gasteiger partial charge in [-0.25, -0.2) is 0 Å². The Morgan fingerprint density at radius 1 is 1.36 bits per heavy atom. The van der Waals surface area contributed by atoms with Crippen LogP contribution in [0.1, 0.15) is 32.6 Å². The molecule has 1 atom stereocenters. The predicted octanol–water partition coefficient (Wildman–Crippen LogP) is 3.10. The van der Waals surface area contributed by atoms with Crippen LogP contribution in [-0.2, 0) is 4.79 Å². The van der Waals surface area contributed by atoms with Crippen molar-refractivity contribution >= 4 is 17.5 Å². The standard InChI is InChI=1S/C17H25ClN2O2/c1-2-11-20-12-4-3-5-16(20)17(21)19-10-13-22-15-8-6-14(18)7-9-15/h6-9,16H,2-5,10-13H2,1H3,(H,19,21). The molecule has 0 saturated carbocycles. The number of ether oxygens (including phenoxy) is 1. The molecule has 1 aromatic carbocycles. The average Bonchev–Trinajstić information content (AvgIpc) is 2.54. The molecule has 0 aliphatic carbocycles. The summed E-state index contributed by atoms with van der Waals surface area (Å²) in [5.41, 5.74) is 0. The average molecular weight is 325 g/mol. The Morgan fingerprint density at radius 2 is 2.14 bits per heavy atom. The third kappa shape index (κ3) is 5.18. The number of amides is 1. The third-order valence-corrected chi connectivity index (χ3v) is 4.16. The zero-order chi connectivity index (χ0) is 15.8. The highest BCUT2D eigenvalue weighted by Crippen LogP contribution is 2.17. The summed E-state index contributed by atoms with van der Waals surface area (Å²) >= 11 is 5.82. The summed E-state index contributed by atoms with van der Waals surface area (Å²) in [6, 6.07) is 7.27. The lowest BCUT2D eigenvalue weighted by molar-refractivity contribution is -0.127. The summed E-state index contributed by atoms with van der Waals surface area (Å²) in [5, 5.41) is 3.68. The minimum absolute atomic E-state index is 0.0317. The molecule has 0 spiro atoms. The number of hydrogen-bond acceptors (Lipinski definition) is 3. The van der Waals surface area contributed by atoms with E-state index in [0.717, 1.165) is 38.1 Å². The van der Waals surface area contributed by atoms with Crippen LogP contribution < -0.4 is 10.1 Å². The molecule has 1 amide bonds. The second kappa shape index (κ2) is 9.01. The molecule has 0 radical (unpaired) electrons. The zero-order valence-corrected chi connectivity index (χ0v) is 13.9. The maximum atomic E-state index is 12.3. The largest absolute Gasteiger partial charge is 0.492 e. The smallest absolute Gasteiger partial charge is 0.237 e. The first-order valence-electron chi connectivity index (χ1n) is 8.11. The Balaban J connectivity index is 1.71. The maximum Gasteiger partial charge on any atom is 0.237 e. The van der Waals surface area contributed by atoms with Gasteiger partial charge >= 0.3 is 0 Å². The van der Waals surface area contributed by atoms with Crippen molar-refractivity contribution < 1.29 is 9.53 Å². The molecular formula is C17H25ClN2O2. The number of carbonyl (C=O) groups excluding carboxylic acids is 1. The predicted molar refractivity (Wildman–Crippen MR) is 89.5 cm³/mol. The first-order valence-corrected chi connectivity index (χ1v) is 8.48. The molecular weight excluding hydrogens is 300 g/mol. The lowest BCUT2D eigenvalue weighted by atomic mass is 10.0. The van der Waals surface area contributed by atoms with Crippen LogP contribution >= 0.6 is 11.6 Å². The lowest BCUT2D eigenvalue weighted by Crippen LogP contribution is -2.50. The Labute approximate surface area is 137 Å². The fourth-order valence-corrected chi connectivity index (χ4v) is 2.96. The number of hydrogen-bond donors (Lipinski definition) is 1. The van der Waals surface area contributed by atoms with E-state index in [4.69, 9.17) is 16.3 Å². The summed E-state index contributed by atoms with van der Waals surface area (Å²) in [4.78, 5) is 14.6. The fraction of sp³-hybridized carbons (Fsp3) is 0.588. The van der Waals surface area contributed by atoms with Gasteiger partial charge < -0.3 is 10.1 Å². The fourth-order valence-electron chi connectivity index (χ4n) is 2.83. The summed E-state index contributed by atoms with van der Waals surface area (Å²) in [5.74, 6) is 0.900. The summed E-state index contributed by atoms with van der Waals surface area (Å²) in [6.45, 7) is 5.18. The Morgan fingerprint density at radius 3 is 2.86 bits per heavy atom. The number of likely N-dealkylation sites (tertiary alicyclic amines) is 1. The number of nitrogens with one attached hydrogen (secondary N) is 1. The highest BCUT2D eigenvalue weighted by atomic mass is 35.5. The topological polar surface area (TPSA) is 41.6 Å². The molecule has 1 fully saturated rings. The minimum Gasteiger partial charge on any atom is -0.492 e. The molecule has 1 N–H and O–H groups in total. The van der Waals surface area contributed by atoms with E-state index in [0.29, 0.717) is 18.2 Å². The van der Waals surface area contributed by atoms with Crippen LogP contribution in [0.2, 0.25) is 5.02 Å². The Hall–Kier alpha value is -1.26. The van der Waals surface area contributed by atoms with Gasteiger partial charge in [0.2, 0.25) is 5.91 Å². The van der Waals surface area contributed by atoms with E-state index in [9.17, 15) is 4.79 Å². The normalized spacial score (nSPS) is 18.9. The minimum atomic E-state index is 0.0317. The van der Waals surface area contributed by atoms with Gasteiger partial charge in [0.05, 0.1) is 12.6 Å². The molecule has 0 bridgehead atoms. The zero-order valence-electron chi connectivity index (χ0n) is 13.2. The third-order valence-electron chi connectivity index (χ3n) is 3.91. The molecule has 4 nitrogen and oxygen atoms in total. The van der Waals surface area contributed by atoms with E-state index in [1.165, 1.54) is 6.42 Å². The number of carbonyl (C=O) groups is 1. The van der Waals surface area contributed by atoms with Gasteiger partial charge in [0.25, 0.3) is 0 Å². The van der Waals surface area contributed by atoms with Crippen LogP contribution in [0, 0.1) is 0 Å². The van der Waals surface area contributed by atoms with Crippen molar-refractivity contribution in [1.29, 1.82) is 0 Å². The number of nitrogens with zero attached hydrogens (tertiary/aromatic N) is 1. The second-order valence-corrected chi connectivity index (χ2v) is 6.08. The monoisotopic (exact) mass is 324 g/mol. The van der Waals surface area contributed by atoms with E-state index in [1.807, 2.05) is 12.1 Å². The van der Waals surface area contributed by atoms with E-state index >= 15 is 0 Å². The molecule has 1 aromatic rings. The van der Waals surface area contributed by atoms with Gasteiger partial charge in [-0.2, -0.15) is 0 Å². The highest BCUT2D eigenvalue weighted by Gasteiger charge is 2.27. The van der Waals surface area contributed by atoms with Crippen molar-refractivity contribution in [3.63, 3.8) is 0 Å². The quantitative estimate of drug-likeness (QED) is 0.784. The van der Waals surface area contributed by atoms with Crippen molar-refractivity contribution in [3.8, 4) is 5.75 Å². The first kappa shape index (κ1) is 17.1. The van der Waals surface area contributed by atoms with Crippen molar-refractivity contribution in [2.24, 2.45) is 0 Å². The number of piperidine rings is 1. The molecule has 1 saturated heterocycles. The van der Waals surface area contributed by atoms with Crippen LogP contribution in [0.4, 0.5) is 0 Å². The number of rotatable bonds is 7. The van der Waals surface area contributed by atoms with Gasteiger partial charge in [0.1, 0.15) is 12.4 Å². The molecule has 1 aliphatic heterocycles. The molecule has 2 rings (SSSR count). The molecule has 1 aliphatic rings. The van der Waals surface area contributed by atoms with Crippen LogP contribution in [0.3, 0.4) is 0 Å². The van der Waals surface area contributed by atoms with Crippen molar-refractivity contribution in [3.05, 3.63) is 29.3 Å². The number of benzene rings is 1. The van der Waals surface area contributed by atoms with Crippen molar-refractivity contribution in [2.75, 3.05) is 26.2 Å². The van der Waals surface area contributed by atoms with Gasteiger partial charge in [-0.1, -0.05) is 24.9 Å². The maximum absolute atomic E-state index is 12.3. The van der Waals surface area contributed by atoms with Crippen LogP contribution in [-0.4, -0.2) is 43.1 Å². The Bertz CT molecular complexity index is 462. The SMILES string of the molecule is CCCN1CCCCC1C(=O)NCCOc1ccc(Cl)cc1.